The lowest BCUT2D eigenvalue weighted by molar-refractivity contribution is -0.140. The summed E-state index contributed by atoms with van der Waals surface area (Å²) in [6.45, 7) is 2.93. The number of rotatable bonds is 13. The highest BCUT2D eigenvalue weighted by atomic mass is 79.9. The van der Waals surface area contributed by atoms with Gasteiger partial charge in [0.05, 0.1) is 10.6 Å². The molecule has 0 unspecified atom stereocenters. The minimum absolute atomic E-state index is 0.00350. The summed E-state index contributed by atoms with van der Waals surface area (Å²) < 4.78 is 44.6. The molecular weight excluding hydrogens is 645 g/mol. The fourth-order valence-electron chi connectivity index (χ4n) is 4.68. The molecule has 0 bridgehead atoms. The van der Waals surface area contributed by atoms with Crippen LogP contribution < -0.4 is 9.62 Å². The lowest BCUT2D eigenvalue weighted by atomic mass is 10.0. The van der Waals surface area contributed by atoms with E-state index in [1.54, 1.807) is 60.7 Å². The maximum Gasteiger partial charge on any atom is 0.264 e. The van der Waals surface area contributed by atoms with Gasteiger partial charge in [0.1, 0.15) is 18.4 Å². The molecule has 0 saturated heterocycles. The normalized spacial score (nSPS) is 12.6. The molecule has 44 heavy (non-hydrogen) atoms. The predicted octanol–water partition coefficient (Wildman–Crippen LogP) is 6.34. The first-order valence-corrected chi connectivity index (χ1v) is 16.5. The molecule has 1 N–H and O–H groups in total. The minimum atomic E-state index is -4.22. The van der Waals surface area contributed by atoms with Gasteiger partial charge in [-0.1, -0.05) is 95.7 Å². The van der Waals surface area contributed by atoms with Crippen molar-refractivity contribution in [2.75, 3.05) is 10.8 Å². The molecule has 10 heteroatoms. The van der Waals surface area contributed by atoms with Gasteiger partial charge in [-0.05, 0) is 55.3 Å². The van der Waals surface area contributed by atoms with E-state index in [1.807, 2.05) is 44.2 Å². The Bertz CT molecular complexity index is 1670. The molecule has 2 amide bonds. The number of hydrogen-bond donors (Lipinski definition) is 1. The van der Waals surface area contributed by atoms with Crippen molar-refractivity contribution in [3.05, 3.63) is 131 Å². The van der Waals surface area contributed by atoms with Crippen molar-refractivity contribution in [1.82, 2.24) is 10.2 Å². The summed E-state index contributed by atoms with van der Waals surface area (Å²) in [6.07, 6.45) is 0.808. The van der Waals surface area contributed by atoms with Crippen LogP contribution in [0.15, 0.2) is 119 Å². The second-order valence-corrected chi connectivity index (χ2v) is 13.2. The number of nitrogens with zero attached hydrogens (tertiary/aromatic N) is 2. The Kier molecular flexibility index (Phi) is 11.3. The molecule has 0 heterocycles. The SMILES string of the molecule is CC[C@@H](C)NC(=O)[C@@H](Cc1ccccc1)N(Cc1ccccc1F)C(=O)CN(c1cccc(Br)c1)S(=O)(=O)c1ccccc1. The van der Waals surface area contributed by atoms with Crippen LogP contribution in [-0.2, 0) is 32.6 Å². The zero-order valence-corrected chi connectivity index (χ0v) is 27.0. The second kappa shape index (κ2) is 15.1. The average molecular weight is 681 g/mol. The minimum Gasteiger partial charge on any atom is -0.352 e. The molecule has 0 aromatic heterocycles. The molecular formula is C34H35BrFN3O4S. The third-order valence-corrected chi connectivity index (χ3v) is 9.56. The highest BCUT2D eigenvalue weighted by Crippen LogP contribution is 2.27. The number of nitrogens with one attached hydrogen (secondary N) is 1. The van der Waals surface area contributed by atoms with Gasteiger partial charge in [0, 0.05) is 29.0 Å². The van der Waals surface area contributed by atoms with E-state index in [9.17, 15) is 18.0 Å². The average Bonchev–Trinajstić information content (AvgIpc) is 3.03. The van der Waals surface area contributed by atoms with E-state index in [-0.39, 0.29) is 35.2 Å². The Balaban J connectivity index is 1.81. The summed E-state index contributed by atoms with van der Waals surface area (Å²) >= 11 is 3.40. The largest absolute Gasteiger partial charge is 0.352 e. The maximum atomic E-state index is 15.0. The van der Waals surface area contributed by atoms with Crippen LogP contribution in [0.4, 0.5) is 10.1 Å². The number of carbonyl (C=O) groups is 2. The summed E-state index contributed by atoms with van der Waals surface area (Å²) in [6, 6.07) is 28.5. The van der Waals surface area contributed by atoms with Crippen LogP contribution >= 0.6 is 15.9 Å². The molecule has 2 atom stereocenters. The first kappa shape index (κ1) is 32.9. The summed E-state index contributed by atoms with van der Waals surface area (Å²) in [5, 5.41) is 2.97. The zero-order chi connectivity index (χ0) is 31.7. The van der Waals surface area contributed by atoms with Crippen molar-refractivity contribution < 1.29 is 22.4 Å². The van der Waals surface area contributed by atoms with Gasteiger partial charge in [-0.25, -0.2) is 12.8 Å². The Hall–Kier alpha value is -4.02. The van der Waals surface area contributed by atoms with E-state index in [0.29, 0.717) is 10.9 Å². The van der Waals surface area contributed by atoms with E-state index < -0.39 is 40.2 Å². The maximum absolute atomic E-state index is 15.0. The van der Waals surface area contributed by atoms with Crippen LogP contribution in [-0.4, -0.2) is 43.8 Å². The quantitative estimate of drug-likeness (QED) is 0.179. The first-order valence-electron chi connectivity index (χ1n) is 14.3. The van der Waals surface area contributed by atoms with Crippen LogP contribution in [0.2, 0.25) is 0 Å². The van der Waals surface area contributed by atoms with Crippen LogP contribution in [0.1, 0.15) is 31.4 Å². The number of anilines is 1. The van der Waals surface area contributed by atoms with Crippen molar-refractivity contribution in [2.45, 2.75) is 50.2 Å². The fourth-order valence-corrected chi connectivity index (χ4v) is 6.50. The van der Waals surface area contributed by atoms with Gasteiger partial charge in [-0.2, -0.15) is 0 Å². The number of halogens is 2. The molecule has 230 valence electrons. The standard InChI is InChI=1S/C34H35BrFN3O4S/c1-3-25(2)37-34(41)32(21-26-13-6-4-7-14-26)38(23-27-15-10-11-20-31(27)36)33(40)24-39(29-17-12-16-28(35)22-29)44(42,43)30-18-8-5-9-19-30/h4-20,22,25,32H,3,21,23-24H2,1-2H3,(H,37,41)/t25-,32-/m1/s1. The van der Waals surface area contributed by atoms with Gasteiger partial charge in [0.15, 0.2) is 0 Å². The number of amides is 2. The predicted molar refractivity (Wildman–Crippen MR) is 174 cm³/mol. The van der Waals surface area contributed by atoms with Crippen molar-refractivity contribution >= 4 is 43.5 Å². The van der Waals surface area contributed by atoms with Gasteiger partial charge in [-0.3, -0.25) is 13.9 Å². The van der Waals surface area contributed by atoms with Crippen molar-refractivity contribution in [2.24, 2.45) is 0 Å². The third-order valence-electron chi connectivity index (χ3n) is 7.28. The molecule has 4 rings (SSSR count). The molecule has 4 aromatic carbocycles. The number of carbonyl (C=O) groups excluding carboxylic acids is 2. The third kappa shape index (κ3) is 8.33. The summed E-state index contributed by atoms with van der Waals surface area (Å²) in [7, 11) is -4.22. The van der Waals surface area contributed by atoms with E-state index in [4.69, 9.17) is 0 Å². The van der Waals surface area contributed by atoms with Gasteiger partial charge in [-0.15, -0.1) is 0 Å². The summed E-state index contributed by atoms with van der Waals surface area (Å²) in [5.41, 5.74) is 1.25. The van der Waals surface area contributed by atoms with E-state index in [1.165, 1.54) is 23.1 Å². The molecule has 7 nitrogen and oxygen atoms in total. The molecule has 4 aromatic rings. The molecule has 0 spiro atoms. The molecule has 0 fully saturated rings. The van der Waals surface area contributed by atoms with Gasteiger partial charge in [0.25, 0.3) is 10.0 Å². The highest BCUT2D eigenvalue weighted by molar-refractivity contribution is 9.10. The van der Waals surface area contributed by atoms with E-state index >= 15 is 4.39 Å². The second-order valence-electron chi connectivity index (χ2n) is 10.4. The Morgan fingerprint density at radius 2 is 1.52 bits per heavy atom. The number of sulfonamides is 1. The van der Waals surface area contributed by atoms with Crippen LogP contribution in [0.5, 0.6) is 0 Å². The monoisotopic (exact) mass is 679 g/mol. The number of hydrogen-bond acceptors (Lipinski definition) is 4. The zero-order valence-electron chi connectivity index (χ0n) is 24.6. The summed E-state index contributed by atoms with van der Waals surface area (Å²) in [4.78, 5) is 29.5. The van der Waals surface area contributed by atoms with E-state index in [2.05, 4.69) is 21.2 Å². The Labute approximate surface area is 266 Å². The van der Waals surface area contributed by atoms with Gasteiger partial charge < -0.3 is 10.2 Å². The molecule has 0 saturated carbocycles. The lowest BCUT2D eigenvalue weighted by Gasteiger charge is -2.34. The Morgan fingerprint density at radius 1 is 0.886 bits per heavy atom. The van der Waals surface area contributed by atoms with Crippen molar-refractivity contribution in [1.29, 1.82) is 0 Å². The summed E-state index contributed by atoms with van der Waals surface area (Å²) in [5.74, 6) is -1.60. The van der Waals surface area contributed by atoms with Crippen molar-refractivity contribution in [3.8, 4) is 0 Å². The molecule has 0 radical (unpaired) electrons. The smallest absolute Gasteiger partial charge is 0.264 e. The topological polar surface area (TPSA) is 86.8 Å². The first-order chi connectivity index (χ1) is 21.1. The highest BCUT2D eigenvalue weighted by Gasteiger charge is 2.35. The molecule has 0 aliphatic heterocycles. The van der Waals surface area contributed by atoms with Crippen LogP contribution in [0.25, 0.3) is 0 Å². The van der Waals surface area contributed by atoms with Crippen molar-refractivity contribution in [3.63, 3.8) is 0 Å². The van der Waals surface area contributed by atoms with Crippen LogP contribution in [0.3, 0.4) is 0 Å². The van der Waals surface area contributed by atoms with E-state index in [0.717, 1.165) is 9.87 Å². The molecule has 0 aliphatic rings. The van der Waals surface area contributed by atoms with Gasteiger partial charge >= 0.3 is 0 Å². The van der Waals surface area contributed by atoms with Gasteiger partial charge in [0.2, 0.25) is 11.8 Å². The fraction of sp³-hybridized carbons (Fsp3) is 0.235. The molecule has 0 aliphatic carbocycles. The Morgan fingerprint density at radius 3 is 2.16 bits per heavy atom. The number of benzene rings is 4. The lowest BCUT2D eigenvalue weighted by Crippen LogP contribution is -2.54. The van der Waals surface area contributed by atoms with Crippen LogP contribution in [0, 0.1) is 5.82 Å².